The van der Waals surface area contributed by atoms with E-state index in [1.54, 1.807) is 0 Å². The number of hydrogen-bond acceptors (Lipinski definition) is 3. The molecule has 4 nitrogen and oxygen atoms in total. The van der Waals surface area contributed by atoms with Gasteiger partial charge in [-0.15, -0.1) is 0 Å². The summed E-state index contributed by atoms with van der Waals surface area (Å²) in [7, 11) is 1.93. The van der Waals surface area contributed by atoms with Gasteiger partial charge in [0.1, 0.15) is 0 Å². The number of benzene rings is 1. The maximum atomic E-state index is 5.86. The lowest BCUT2D eigenvalue weighted by Crippen LogP contribution is -2.34. The number of nitrogens with one attached hydrogen (secondary N) is 1. The monoisotopic (exact) mass is 272 g/mol. The molecule has 0 fully saturated rings. The van der Waals surface area contributed by atoms with Crippen LogP contribution in [0, 0.1) is 5.92 Å². The van der Waals surface area contributed by atoms with Gasteiger partial charge in [0.05, 0.1) is 12.2 Å². The van der Waals surface area contributed by atoms with Gasteiger partial charge in [0.2, 0.25) is 0 Å². The fourth-order valence-electron chi connectivity index (χ4n) is 2.79. The Morgan fingerprint density at radius 2 is 1.95 bits per heavy atom. The molecule has 1 aromatic heterocycles. The number of aromatic nitrogens is 2. The number of aryl methyl sites for hydroxylation is 1. The number of nitrogens with two attached hydrogens (primary N) is 1. The number of rotatable bonds is 6. The zero-order chi connectivity index (χ0) is 14.5. The van der Waals surface area contributed by atoms with Crippen LogP contribution in [0.4, 0.5) is 0 Å². The van der Waals surface area contributed by atoms with E-state index in [9.17, 15) is 0 Å². The fraction of sp³-hybridized carbons (Fsp3) is 0.438. The molecule has 0 saturated carbocycles. The maximum Gasteiger partial charge on any atom is 0.0562 e. The minimum atomic E-state index is 0.0704. The van der Waals surface area contributed by atoms with Crippen molar-refractivity contribution in [2.45, 2.75) is 32.2 Å². The van der Waals surface area contributed by atoms with Crippen LogP contribution in [0.2, 0.25) is 0 Å². The smallest absolute Gasteiger partial charge is 0.0562 e. The Morgan fingerprint density at radius 3 is 2.45 bits per heavy atom. The van der Waals surface area contributed by atoms with Crippen LogP contribution >= 0.6 is 0 Å². The third kappa shape index (κ3) is 3.08. The second-order valence-corrected chi connectivity index (χ2v) is 5.41. The lowest BCUT2D eigenvalue weighted by atomic mass is 9.78. The summed E-state index contributed by atoms with van der Waals surface area (Å²) < 4.78 is 1.82. The summed E-state index contributed by atoms with van der Waals surface area (Å²) in [5.41, 5.74) is 5.43. The van der Waals surface area contributed by atoms with Crippen molar-refractivity contribution in [1.82, 2.24) is 15.2 Å². The molecule has 108 valence electrons. The third-order valence-corrected chi connectivity index (χ3v) is 4.06. The summed E-state index contributed by atoms with van der Waals surface area (Å²) in [5.74, 6) is 6.71. The van der Waals surface area contributed by atoms with Crippen molar-refractivity contribution in [2.24, 2.45) is 18.8 Å². The number of hydrazine groups is 1. The highest BCUT2D eigenvalue weighted by Crippen LogP contribution is 2.37. The molecule has 1 aromatic carbocycles. The molecule has 0 bridgehead atoms. The molecule has 0 aliphatic heterocycles. The van der Waals surface area contributed by atoms with E-state index in [1.807, 2.05) is 30.2 Å². The highest BCUT2D eigenvalue weighted by molar-refractivity contribution is 5.26. The molecule has 0 radical (unpaired) electrons. The van der Waals surface area contributed by atoms with E-state index >= 15 is 0 Å². The quantitative estimate of drug-likeness (QED) is 0.628. The molecule has 3 unspecified atom stereocenters. The predicted molar refractivity (Wildman–Crippen MR) is 81.9 cm³/mol. The fourth-order valence-corrected chi connectivity index (χ4v) is 2.79. The minimum Gasteiger partial charge on any atom is -0.275 e. The zero-order valence-electron chi connectivity index (χ0n) is 12.5. The Kier molecular flexibility index (Phi) is 4.93. The number of nitrogens with zero attached hydrogens (tertiary/aromatic N) is 2. The molecule has 3 N–H and O–H groups in total. The summed E-state index contributed by atoms with van der Waals surface area (Å²) in [6.07, 6.45) is 5.03. The van der Waals surface area contributed by atoms with Gasteiger partial charge >= 0.3 is 0 Å². The highest BCUT2D eigenvalue weighted by Gasteiger charge is 2.28. The first-order chi connectivity index (χ1) is 9.67. The summed E-state index contributed by atoms with van der Waals surface area (Å²) >= 11 is 0. The standard InChI is InChI=1S/C16H24N4/c1-4-12(2)15(13-8-6-5-7-9-13)16(19-17)14-10-18-20(3)11-14/h5-12,15-16,19H,4,17H2,1-3H3. The molecule has 4 heteroatoms. The van der Waals surface area contributed by atoms with E-state index in [1.165, 1.54) is 5.56 Å². The van der Waals surface area contributed by atoms with E-state index in [4.69, 9.17) is 5.84 Å². The topological polar surface area (TPSA) is 55.9 Å². The van der Waals surface area contributed by atoms with Crippen LogP contribution in [0.1, 0.15) is 43.4 Å². The molecule has 2 aromatic rings. The first kappa shape index (κ1) is 14.8. The molecular formula is C16H24N4. The van der Waals surface area contributed by atoms with Crippen LogP contribution in [0.3, 0.4) is 0 Å². The summed E-state index contributed by atoms with van der Waals surface area (Å²) in [6.45, 7) is 4.50. The largest absolute Gasteiger partial charge is 0.275 e. The van der Waals surface area contributed by atoms with Crippen molar-refractivity contribution in [3.05, 3.63) is 53.9 Å². The van der Waals surface area contributed by atoms with Gasteiger partial charge in [-0.3, -0.25) is 16.0 Å². The molecule has 2 rings (SSSR count). The van der Waals surface area contributed by atoms with Gasteiger partial charge in [0.15, 0.2) is 0 Å². The normalized spacial score (nSPS) is 15.8. The summed E-state index contributed by atoms with van der Waals surface area (Å²) in [4.78, 5) is 0. The van der Waals surface area contributed by atoms with Crippen LogP contribution in [0.5, 0.6) is 0 Å². The first-order valence-electron chi connectivity index (χ1n) is 7.17. The number of hydrogen-bond donors (Lipinski definition) is 2. The van der Waals surface area contributed by atoms with E-state index in [2.05, 4.69) is 48.6 Å². The van der Waals surface area contributed by atoms with E-state index in [0.29, 0.717) is 11.8 Å². The van der Waals surface area contributed by atoms with E-state index in [-0.39, 0.29) is 6.04 Å². The van der Waals surface area contributed by atoms with Crippen molar-refractivity contribution in [3.8, 4) is 0 Å². The van der Waals surface area contributed by atoms with Crippen molar-refractivity contribution in [2.75, 3.05) is 0 Å². The molecule has 0 amide bonds. The lowest BCUT2D eigenvalue weighted by molar-refractivity contribution is 0.343. The Labute approximate surface area is 121 Å². The van der Waals surface area contributed by atoms with Crippen molar-refractivity contribution in [3.63, 3.8) is 0 Å². The third-order valence-electron chi connectivity index (χ3n) is 4.06. The molecule has 0 saturated heterocycles. The molecule has 0 spiro atoms. The minimum absolute atomic E-state index is 0.0704. The Hall–Kier alpha value is -1.65. The molecule has 3 atom stereocenters. The average molecular weight is 272 g/mol. The van der Waals surface area contributed by atoms with Gasteiger partial charge in [-0.25, -0.2) is 0 Å². The lowest BCUT2D eigenvalue weighted by Gasteiger charge is -2.31. The Balaban J connectivity index is 2.39. The van der Waals surface area contributed by atoms with Crippen LogP contribution in [0.15, 0.2) is 42.7 Å². The summed E-state index contributed by atoms with van der Waals surface area (Å²) in [5, 5.41) is 4.27. The van der Waals surface area contributed by atoms with Crippen LogP contribution in [-0.2, 0) is 7.05 Å². The Morgan fingerprint density at radius 1 is 1.25 bits per heavy atom. The predicted octanol–water partition coefficient (Wildman–Crippen LogP) is 2.75. The first-order valence-corrected chi connectivity index (χ1v) is 7.17. The summed E-state index contributed by atoms with van der Waals surface area (Å²) in [6, 6.07) is 10.6. The van der Waals surface area contributed by atoms with E-state index in [0.717, 1.165) is 12.0 Å². The second-order valence-electron chi connectivity index (χ2n) is 5.41. The molecule has 1 heterocycles. The van der Waals surface area contributed by atoms with Gasteiger partial charge in [-0.2, -0.15) is 5.10 Å². The van der Waals surface area contributed by atoms with Crippen LogP contribution < -0.4 is 11.3 Å². The molecule has 20 heavy (non-hydrogen) atoms. The van der Waals surface area contributed by atoms with Crippen LogP contribution in [-0.4, -0.2) is 9.78 Å². The molecule has 0 aliphatic carbocycles. The van der Waals surface area contributed by atoms with E-state index < -0.39 is 0 Å². The SMILES string of the molecule is CCC(C)C(c1ccccc1)C(NN)c1cnn(C)c1. The van der Waals surface area contributed by atoms with Gasteiger partial charge in [0.25, 0.3) is 0 Å². The Bertz CT molecular complexity index is 520. The molecular weight excluding hydrogens is 248 g/mol. The van der Waals surface area contributed by atoms with Gasteiger partial charge in [-0.1, -0.05) is 50.6 Å². The van der Waals surface area contributed by atoms with Crippen molar-refractivity contribution < 1.29 is 0 Å². The maximum absolute atomic E-state index is 5.86. The van der Waals surface area contributed by atoms with Crippen LogP contribution in [0.25, 0.3) is 0 Å². The second kappa shape index (κ2) is 6.68. The highest BCUT2D eigenvalue weighted by atomic mass is 15.3. The zero-order valence-corrected chi connectivity index (χ0v) is 12.5. The average Bonchev–Trinajstić information content (AvgIpc) is 2.91. The van der Waals surface area contributed by atoms with Gasteiger partial charge < -0.3 is 0 Å². The van der Waals surface area contributed by atoms with Gasteiger partial charge in [-0.05, 0) is 11.5 Å². The molecule has 0 aliphatic rings. The van der Waals surface area contributed by atoms with Crippen molar-refractivity contribution in [1.29, 1.82) is 0 Å². The van der Waals surface area contributed by atoms with Crippen molar-refractivity contribution >= 4 is 0 Å². The van der Waals surface area contributed by atoms with Gasteiger partial charge in [0, 0.05) is 24.7 Å².